The molecule has 0 radical (unpaired) electrons. The molecular weight excluding hydrogens is 454 g/mol. The van der Waals surface area contributed by atoms with Crippen LogP contribution in [0, 0.1) is 11.3 Å². The molecule has 0 aromatic heterocycles. The van der Waals surface area contributed by atoms with E-state index in [1.165, 1.54) is 33.1 Å². The Morgan fingerprint density at radius 2 is 1.79 bits per heavy atom. The Labute approximate surface area is 201 Å². The molecular formula is C24H23N5O4S. The van der Waals surface area contributed by atoms with Crippen molar-refractivity contribution in [2.24, 2.45) is 10.7 Å². The maximum absolute atomic E-state index is 13.6. The number of fused-ring (bicyclic) bond motifs is 1. The minimum atomic E-state index is -0.691. The molecule has 10 heteroatoms. The SMILES string of the molecule is COc1cc([C@H]2C(C(=O)Nc3ccccc3)=C(C)N=C3SC(C#N)=C(N)N32)cc(OC)c1OC. The van der Waals surface area contributed by atoms with Crippen LogP contribution < -0.4 is 25.3 Å². The molecule has 2 aliphatic rings. The first-order valence-corrected chi connectivity index (χ1v) is 11.1. The summed E-state index contributed by atoms with van der Waals surface area (Å²) in [6.07, 6.45) is 0. The molecule has 0 saturated carbocycles. The Balaban J connectivity index is 1.90. The van der Waals surface area contributed by atoms with Gasteiger partial charge in [0.25, 0.3) is 5.91 Å². The fourth-order valence-electron chi connectivity index (χ4n) is 3.93. The summed E-state index contributed by atoms with van der Waals surface area (Å²) in [6, 6.07) is 14.1. The lowest BCUT2D eigenvalue weighted by molar-refractivity contribution is -0.113. The Kier molecular flexibility index (Phi) is 6.38. The molecule has 9 nitrogen and oxygen atoms in total. The van der Waals surface area contributed by atoms with Gasteiger partial charge in [-0.25, -0.2) is 4.99 Å². The van der Waals surface area contributed by atoms with Gasteiger partial charge in [0.05, 0.1) is 38.6 Å². The molecule has 1 amide bonds. The summed E-state index contributed by atoms with van der Waals surface area (Å²) in [5, 5.41) is 13.0. The third-order valence-electron chi connectivity index (χ3n) is 5.46. The molecule has 34 heavy (non-hydrogen) atoms. The summed E-state index contributed by atoms with van der Waals surface area (Å²) in [5.74, 6) is 1.16. The van der Waals surface area contributed by atoms with Gasteiger partial charge in [-0.05, 0) is 48.5 Å². The molecule has 174 valence electrons. The Morgan fingerprint density at radius 1 is 1.15 bits per heavy atom. The molecule has 1 atom stereocenters. The summed E-state index contributed by atoms with van der Waals surface area (Å²) >= 11 is 1.17. The molecule has 2 aromatic carbocycles. The number of hydrogen-bond donors (Lipinski definition) is 2. The van der Waals surface area contributed by atoms with Gasteiger partial charge in [0.1, 0.15) is 16.8 Å². The smallest absolute Gasteiger partial charge is 0.255 e. The van der Waals surface area contributed by atoms with Crippen molar-refractivity contribution in [3.05, 3.63) is 70.0 Å². The van der Waals surface area contributed by atoms with Crippen molar-refractivity contribution < 1.29 is 19.0 Å². The lowest BCUT2D eigenvalue weighted by Crippen LogP contribution is -2.39. The van der Waals surface area contributed by atoms with Gasteiger partial charge in [0, 0.05) is 5.69 Å². The second-order valence-corrected chi connectivity index (χ2v) is 8.35. The number of methoxy groups -OCH3 is 3. The molecule has 0 unspecified atom stereocenters. The zero-order valence-electron chi connectivity index (χ0n) is 19.1. The number of ether oxygens (including phenoxy) is 3. The van der Waals surface area contributed by atoms with Gasteiger partial charge in [-0.3, -0.25) is 9.69 Å². The van der Waals surface area contributed by atoms with Crippen LogP contribution in [-0.2, 0) is 4.79 Å². The van der Waals surface area contributed by atoms with E-state index in [0.29, 0.717) is 49.8 Å². The van der Waals surface area contributed by atoms with E-state index in [9.17, 15) is 10.1 Å². The van der Waals surface area contributed by atoms with Gasteiger partial charge < -0.3 is 25.3 Å². The fourth-order valence-corrected chi connectivity index (χ4v) is 4.84. The van der Waals surface area contributed by atoms with Crippen molar-refractivity contribution in [2.75, 3.05) is 26.6 Å². The number of carbonyl (C=O) groups excluding carboxylic acids is 1. The zero-order valence-corrected chi connectivity index (χ0v) is 19.9. The maximum Gasteiger partial charge on any atom is 0.255 e. The number of nitriles is 1. The molecule has 2 heterocycles. The average Bonchev–Trinajstić information content (AvgIpc) is 3.17. The highest BCUT2D eigenvalue weighted by Crippen LogP contribution is 2.48. The predicted molar refractivity (Wildman–Crippen MR) is 130 cm³/mol. The van der Waals surface area contributed by atoms with Gasteiger partial charge in [-0.15, -0.1) is 0 Å². The molecule has 0 fully saturated rings. The van der Waals surface area contributed by atoms with Crippen LogP contribution in [0.15, 0.2) is 69.5 Å². The number of aliphatic imine (C=N–C) groups is 1. The first kappa shape index (κ1) is 23.1. The summed E-state index contributed by atoms with van der Waals surface area (Å²) in [4.78, 5) is 20.2. The molecule has 0 spiro atoms. The molecule has 2 aromatic rings. The van der Waals surface area contributed by atoms with Crippen LogP contribution in [0.5, 0.6) is 17.2 Å². The van der Waals surface area contributed by atoms with Crippen molar-refractivity contribution >= 4 is 28.5 Å². The summed E-state index contributed by atoms with van der Waals surface area (Å²) in [5.41, 5.74) is 8.56. The number of nitrogens with zero attached hydrogens (tertiary/aromatic N) is 3. The van der Waals surface area contributed by atoms with Crippen molar-refractivity contribution in [2.45, 2.75) is 13.0 Å². The predicted octanol–water partition coefficient (Wildman–Crippen LogP) is 3.74. The van der Waals surface area contributed by atoms with Crippen molar-refractivity contribution in [3.8, 4) is 23.3 Å². The molecule has 4 rings (SSSR count). The average molecular weight is 478 g/mol. The Hall–Kier alpha value is -4.10. The molecule has 0 saturated heterocycles. The number of nitrogens with one attached hydrogen (secondary N) is 1. The van der Waals surface area contributed by atoms with E-state index in [-0.39, 0.29) is 11.7 Å². The number of carbonyl (C=O) groups is 1. The van der Waals surface area contributed by atoms with Gasteiger partial charge in [-0.2, -0.15) is 5.26 Å². The number of amidine groups is 1. The van der Waals surface area contributed by atoms with E-state index >= 15 is 0 Å². The minimum Gasteiger partial charge on any atom is -0.493 e. The maximum atomic E-state index is 13.6. The quantitative estimate of drug-likeness (QED) is 0.645. The lowest BCUT2D eigenvalue weighted by atomic mass is 9.93. The van der Waals surface area contributed by atoms with Crippen LogP contribution in [-0.4, -0.2) is 37.3 Å². The normalized spacial score (nSPS) is 17.1. The van der Waals surface area contributed by atoms with E-state index in [1.54, 1.807) is 36.1 Å². The van der Waals surface area contributed by atoms with Gasteiger partial charge in [0.2, 0.25) is 5.75 Å². The number of rotatable bonds is 6. The van der Waals surface area contributed by atoms with Crippen LogP contribution in [0.1, 0.15) is 18.5 Å². The third-order valence-corrected chi connectivity index (χ3v) is 6.43. The number of allylic oxidation sites excluding steroid dienone is 2. The lowest BCUT2D eigenvalue weighted by Gasteiger charge is -2.35. The summed E-state index contributed by atoms with van der Waals surface area (Å²) < 4.78 is 16.5. The minimum absolute atomic E-state index is 0.225. The van der Waals surface area contributed by atoms with Crippen LogP contribution in [0.2, 0.25) is 0 Å². The highest BCUT2D eigenvalue weighted by molar-refractivity contribution is 8.17. The fraction of sp³-hybridized carbons (Fsp3) is 0.208. The van der Waals surface area contributed by atoms with E-state index < -0.39 is 6.04 Å². The number of anilines is 1. The highest BCUT2D eigenvalue weighted by Gasteiger charge is 2.42. The number of benzene rings is 2. The van der Waals surface area contributed by atoms with Crippen molar-refractivity contribution in [1.29, 1.82) is 5.26 Å². The number of para-hydroxylation sites is 1. The van der Waals surface area contributed by atoms with E-state index in [0.717, 1.165) is 0 Å². The van der Waals surface area contributed by atoms with Gasteiger partial charge >= 0.3 is 0 Å². The Morgan fingerprint density at radius 3 is 2.35 bits per heavy atom. The second-order valence-electron chi connectivity index (χ2n) is 7.37. The first-order valence-electron chi connectivity index (χ1n) is 10.3. The van der Waals surface area contributed by atoms with Crippen LogP contribution >= 0.6 is 11.8 Å². The van der Waals surface area contributed by atoms with Crippen LogP contribution in [0.25, 0.3) is 0 Å². The van der Waals surface area contributed by atoms with E-state index in [4.69, 9.17) is 19.9 Å². The summed E-state index contributed by atoms with van der Waals surface area (Å²) in [6.45, 7) is 1.76. The van der Waals surface area contributed by atoms with Crippen molar-refractivity contribution in [3.63, 3.8) is 0 Å². The van der Waals surface area contributed by atoms with E-state index in [1.807, 2.05) is 18.2 Å². The molecule has 0 aliphatic carbocycles. The topological polar surface area (TPSA) is 122 Å². The third kappa shape index (κ3) is 3.91. The second kappa shape index (κ2) is 9.41. The number of thioether (sulfide) groups is 1. The molecule has 3 N–H and O–H groups in total. The first-order chi connectivity index (χ1) is 16.4. The monoisotopic (exact) mass is 477 g/mol. The Bertz CT molecular complexity index is 1260. The van der Waals surface area contributed by atoms with Crippen LogP contribution in [0.3, 0.4) is 0 Å². The zero-order chi connectivity index (χ0) is 24.4. The number of hydrogen-bond acceptors (Lipinski definition) is 9. The van der Waals surface area contributed by atoms with Crippen molar-refractivity contribution in [1.82, 2.24) is 4.90 Å². The van der Waals surface area contributed by atoms with Gasteiger partial charge in [-0.1, -0.05) is 18.2 Å². The number of nitrogens with two attached hydrogens (primary N) is 1. The van der Waals surface area contributed by atoms with Gasteiger partial charge in [0.15, 0.2) is 16.7 Å². The van der Waals surface area contributed by atoms with Crippen LogP contribution in [0.4, 0.5) is 5.69 Å². The number of amides is 1. The molecule has 0 bridgehead atoms. The van der Waals surface area contributed by atoms with E-state index in [2.05, 4.69) is 16.4 Å². The molecule has 2 aliphatic heterocycles. The highest BCUT2D eigenvalue weighted by atomic mass is 32.2. The standard InChI is InChI=1S/C24H23N5O4S/c1-13-19(23(30)28-15-8-6-5-7-9-15)20(29-22(26)18(12-25)34-24(29)27-13)14-10-16(31-2)21(33-4)17(11-14)32-3/h5-11,20H,26H2,1-4H3,(H,28,30)/t20-/m0/s1. The summed E-state index contributed by atoms with van der Waals surface area (Å²) in [7, 11) is 4.56. The largest absolute Gasteiger partial charge is 0.493 e.